The van der Waals surface area contributed by atoms with Gasteiger partial charge in [-0.3, -0.25) is 0 Å². The Morgan fingerprint density at radius 3 is 0.972 bits per heavy atom. The summed E-state index contributed by atoms with van der Waals surface area (Å²) in [5.74, 6) is 0.250. The highest BCUT2D eigenvalue weighted by Crippen LogP contribution is 2.60. The largest absolute Gasteiger partial charge is 0.0622 e. The minimum Gasteiger partial charge on any atom is -0.0622 e. The molecule has 1 atom stereocenters. The third-order valence-electron chi connectivity index (χ3n) is 9.22. The van der Waals surface area contributed by atoms with Crippen LogP contribution in [0.2, 0.25) is 0 Å². The standard InChI is InChI=1S/C36H42/c1-33(2,28-20-12-8-13-21-28)32(34(3,4)29-22-14-9-15-23-29)36(7,31-26-18-11-19-27-31)35(5,6)30-24-16-10-17-25-30/h8-27,32H,1-7H3. The van der Waals surface area contributed by atoms with Gasteiger partial charge in [-0.2, -0.15) is 0 Å². The van der Waals surface area contributed by atoms with Gasteiger partial charge in [0.1, 0.15) is 0 Å². The lowest BCUT2D eigenvalue weighted by Gasteiger charge is -2.60. The molecule has 0 heterocycles. The van der Waals surface area contributed by atoms with Crippen LogP contribution in [0.4, 0.5) is 0 Å². The molecule has 36 heavy (non-hydrogen) atoms. The lowest BCUT2D eigenvalue weighted by Crippen LogP contribution is -2.60. The molecular weight excluding hydrogens is 432 g/mol. The summed E-state index contributed by atoms with van der Waals surface area (Å²) in [7, 11) is 0. The van der Waals surface area contributed by atoms with Crippen LogP contribution in [0.5, 0.6) is 0 Å². The Hall–Kier alpha value is -3.12. The molecule has 0 saturated carbocycles. The SMILES string of the molecule is CC(C)(c1ccccc1)C(C(C)(C)c1ccccc1)C(C)(c1ccccc1)C(C)(C)c1ccccc1. The van der Waals surface area contributed by atoms with E-state index in [4.69, 9.17) is 0 Å². The van der Waals surface area contributed by atoms with Crippen molar-refractivity contribution in [1.82, 2.24) is 0 Å². The molecule has 0 aliphatic heterocycles. The normalized spacial score (nSPS) is 14.4. The predicted molar refractivity (Wildman–Crippen MR) is 156 cm³/mol. The van der Waals surface area contributed by atoms with Gasteiger partial charge in [-0.1, -0.05) is 170 Å². The molecule has 1 unspecified atom stereocenters. The van der Waals surface area contributed by atoms with Crippen molar-refractivity contribution in [1.29, 1.82) is 0 Å². The quantitative estimate of drug-likeness (QED) is 0.238. The molecular formula is C36H42. The van der Waals surface area contributed by atoms with E-state index in [1.54, 1.807) is 0 Å². The summed E-state index contributed by atoms with van der Waals surface area (Å²) in [6.45, 7) is 17.3. The molecule has 0 bridgehead atoms. The second-order valence-corrected chi connectivity index (χ2v) is 12.2. The predicted octanol–water partition coefficient (Wildman–Crippen LogP) is 9.49. The van der Waals surface area contributed by atoms with Crippen LogP contribution in [-0.2, 0) is 21.7 Å². The summed E-state index contributed by atoms with van der Waals surface area (Å²) in [4.78, 5) is 0. The summed E-state index contributed by atoms with van der Waals surface area (Å²) >= 11 is 0. The van der Waals surface area contributed by atoms with Crippen LogP contribution in [-0.4, -0.2) is 0 Å². The average molecular weight is 475 g/mol. The molecule has 4 aromatic rings. The zero-order chi connectivity index (χ0) is 26.0. The van der Waals surface area contributed by atoms with Gasteiger partial charge in [0.15, 0.2) is 0 Å². The van der Waals surface area contributed by atoms with Crippen LogP contribution >= 0.6 is 0 Å². The molecule has 186 valence electrons. The summed E-state index contributed by atoms with van der Waals surface area (Å²) < 4.78 is 0. The van der Waals surface area contributed by atoms with Crippen molar-refractivity contribution >= 4 is 0 Å². The minimum absolute atomic E-state index is 0.128. The zero-order valence-electron chi connectivity index (χ0n) is 23.1. The molecule has 0 saturated heterocycles. The van der Waals surface area contributed by atoms with Crippen molar-refractivity contribution < 1.29 is 0 Å². The first-order chi connectivity index (χ1) is 17.0. The van der Waals surface area contributed by atoms with Crippen LogP contribution in [0.25, 0.3) is 0 Å². The van der Waals surface area contributed by atoms with Crippen LogP contribution in [0.1, 0.15) is 70.7 Å². The fourth-order valence-electron chi connectivity index (χ4n) is 7.24. The van der Waals surface area contributed by atoms with Crippen LogP contribution in [0.15, 0.2) is 121 Å². The first-order valence-electron chi connectivity index (χ1n) is 13.3. The maximum atomic E-state index is 2.52. The topological polar surface area (TPSA) is 0 Å². The van der Waals surface area contributed by atoms with Crippen molar-refractivity contribution in [3.05, 3.63) is 144 Å². The molecule has 0 N–H and O–H groups in total. The van der Waals surface area contributed by atoms with Gasteiger partial charge in [0, 0.05) is 5.41 Å². The van der Waals surface area contributed by atoms with Crippen LogP contribution in [0, 0.1) is 5.92 Å². The van der Waals surface area contributed by atoms with Gasteiger partial charge >= 0.3 is 0 Å². The number of hydrogen-bond donors (Lipinski definition) is 0. The molecule has 0 aromatic heterocycles. The van der Waals surface area contributed by atoms with Crippen molar-refractivity contribution in [3.63, 3.8) is 0 Å². The highest BCUT2D eigenvalue weighted by molar-refractivity contribution is 5.44. The molecule has 0 nitrogen and oxygen atoms in total. The Morgan fingerprint density at radius 1 is 0.361 bits per heavy atom. The molecule has 0 amide bonds. The fourth-order valence-corrected chi connectivity index (χ4v) is 7.24. The van der Waals surface area contributed by atoms with Crippen molar-refractivity contribution in [2.24, 2.45) is 5.92 Å². The average Bonchev–Trinajstić information content (AvgIpc) is 2.90. The van der Waals surface area contributed by atoms with E-state index in [1.165, 1.54) is 22.3 Å². The first-order valence-corrected chi connectivity index (χ1v) is 13.3. The molecule has 0 heteroatoms. The van der Waals surface area contributed by atoms with Crippen molar-refractivity contribution in [3.8, 4) is 0 Å². The third kappa shape index (κ3) is 4.32. The highest BCUT2D eigenvalue weighted by Gasteiger charge is 2.58. The Labute approximate surface area is 219 Å². The zero-order valence-corrected chi connectivity index (χ0v) is 23.1. The van der Waals surface area contributed by atoms with Crippen molar-refractivity contribution in [2.75, 3.05) is 0 Å². The molecule has 0 aliphatic rings. The lowest BCUT2D eigenvalue weighted by molar-refractivity contribution is 0.0501. The number of rotatable bonds is 8. The van der Waals surface area contributed by atoms with E-state index >= 15 is 0 Å². The third-order valence-corrected chi connectivity index (χ3v) is 9.22. The Balaban J connectivity index is 2.09. The van der Waals surface area contributed by atoms with E-state index < -0.39 is 0 Å². The van der Waals surface area contributed by atoms with Crippen LogP contribution in [0.3, 0.4) is 0 Å². The van der Waals surface area contributed by atoms with E-state index in [1.807, 2.05) is 0 Å². The summed E-state index contributed by atoms with van der Waals surface area (Å²) in [5, 5.41) is 0. The maximum Gasteiger partial charge on any atom is 0.00610 e. The number of benzene rings is 4. The molecule has 0 radical (unpaired) electrons. The molecule has 4 aromatic carbocycles. The number of hydrogen-bond acceptors (Lipinski definition) is 0. The van der Waals surface area contributed by atoms with Gasteiger partial charge in [-0.05, 0) is 44.4 Å². The van der Waals surface area contributed by atoms with E-state index in [-0.39, 0.29) is 27.6 Å². The molecule has 4 rings (SSSR count). The van der Waals surface area contributed by atoms with Gasteiger partial charge < -0.3 is 0 Å². The molecule has 0 fully saturated rings. The maximum absolute atomic E-state index is 2.52. The Morgan fingerprint density at radius 2 is 0.639 bits per heavy atom. The lowest BCUT2D eigenvalue weighted by atomic mass is 9.43. The van der Waals surface area contributed by atoms with Gasteiger partial charge in [0.25, 0.3) is 0 Å². The highest BCUT2D eigenvalue weighted by atomic mass is 14.6. The van der Waals surface area contributed by atoms with Gasteiger partial charge in [-0.15, -0.1) is 0 Å². The molecule has 0 spiro atoms. The van der Waals surface area contributed by atoms with Gasteiger partial charge in [0.2, 0.25) is 0 Å². The van der Waals surface area contributed by atoms with Crippen molar-refractivity contribution in [2.45, 2.75) is 70.1 Å². The van der Waals surface area contributed by atoms with E-state index in [0.717, 1.165) is 0 Å². The second kappa shape index (κ2) is 9.74. The van der Waals surface area contributed by atoms with Gasteiger partial charge in [0.05, 0.1) is 0 Å². The smallest absolute Gasteiger partial charge is 0.00610 e. The van der Waals surface area contributed by atoms with Gasteiger partial charge in [-0.25, -0.2) is 0 Å². The van der Waals surface area contributed by atoms with E-state index in [0.29, 0.717) is 0 Å². The fraction of sp³-hybridized carbons (Fsp3) is 0.333. The second-order valence-electron chi connectivity index (χ2n) is 12.2. The van der Waals surface area contributed by atoms with E-state index in [2.05, 4.69) is 170 Å². The molecule has 0 aliphatic carbocycles. The summed E-state index contributed by atoms with van der Waals surface area (Å²) in [6.07, 6.45) is 0. The first kappa shape index (κ1) is 26.0. The van der Waals surface area contributed by atoms with Crippen LogP contribution < -0.4 is 0 Å². The van der Waals surface area contributed by atoms with E-state index in [9.17, 15) is 0 Å². The Kier molecular flexibility index (Phi) is 7.02. The monoisotopic (exact) mass is 474 g/mol. The minimum atomic E-state index is -0.214. The summed E-state index contributed by atoms with van der Waals surface area (Å²) in [6, 6.07) is 44.6. The Bertz CT molecular complexity index is 1180. The summed E-state index contributed by atoms with van der Waals surface area (Å²) in [5.41, 5.74) is 4.89.